The van der Waals surface area contributed by atoms with E-state index >= 15 is 0 Å². The molecule has 1 aliphatic rings. The van der Waals surface area contributed by atoms with Crippen molar-refractivity contribution in [3.8, 4) is 0 Å². The fourth-order valence-electron chi connectivity index (χ4n) is 3.06. The van der Waals surface area contributed by atoms with Crippen LogP contribution in [0.4, 0.5) is 5.69 Å². The lowest BCUT2D eigenvalue weighted by Gasteiger charge is -2.15. The number of aryl methyl sites for hydroxylation is 1. The first-order valence-electron chi connectivity index (χ1n) is 7.21. The molecule has 0 radical (unpaired) electrons. The zero-order valence-electron chi connectivity index (χ0n) is 12.0. The van der Waals surface area contributed by atoms with Crippen molar-refractivity contribution in [2.24, 2.45) is 0 Å². The topological polar surface area (TPSA) is 55.2 Å². The van der Waals surface area contributed by atoms with Gasteiger partial charge in [-0.2, -0.15) is 0 Å². The third-order valence-corrected chi connectivity index (χ3v) is 4.29. The average Bonchev–Trinajstić information content (AvgIpc) is 2.89. The fraction of sp³-hybridized carbons (Fsp3) is 0.294. The molecule has 0 heterocycles. The van der Waals surface area contributed by atoms with Gasteiger partial charge in [0, 0.05) is 24.2 Å². The van der Waals surface area contributed by atoms with Crippen LogP contribution in [0.5, 0.6) is 0 Å². The number of nitro benzene ring substituents is 1. The summed E-state index contributed by atoms with van der Waals surface area (Å²) in [4.78, 5) is 10.7. The fourth-order valence-corrected chi connectivity index (χ4v) is 3.06. The van der Waals surface area contributed by atoms with E-state index < -0.39 is 0 Å². The Morgan fingerprint density at radius 3 is 2.86 bits per heavy atom. The molecule has 0 aliphatic heterocycles. The maximum Gasteiger partial charge on any atom is 0.272 e. The van der Waals surface area contributed by atoms with Crippen LogP contribution in [0.3, 0.4) is 0 Å². The van der Waals surface area contributed by atoms with Gasteiger partial charge in [0.1, 0.15) is 0 Å². The minimum Gasteiger partial charge on any atom is -0.306 e. The zero-order chi connectivity index (χ0) is 14.8. The lowest BCUT2D eigenvalue weighted by Crippen LogP contribution is -2.19. The quantitative estimate of drug-likeness (QED) is 0.687. The Labute approximate surface area is 124 Å². The second-order valence-corrected chi connectivity index (χ2v) is 5.49. The summed E-state index contributed by atoms with van der Waals surface area (Å²) in [7, 11) is 0. The maximum atomic E-state index is 11.0. The monoisotopic (exact) mass is 282 g/mol. The Bertz CT molecular complexity index is 682. The van der Waals surface area contributed by atoms with Crippen molar-refractivity contribution >= 4 is 5.69 Å². The van der Waals surface area contributed by atoms with Gasteiger partial charge in [-0.25, -0.2) is 0 Å². The van der Waals surface area contributed by atoms with Crippen LogP contribution in [0.1, 0.15) is 34.7 Å². The summed E-state index contributed by atoms with van der Waals surface area (Å²) in [5, 5.41) is 14.5. The van der Waals surface area contributed by atoms with Gasteiger partial charge in [0.15, 0.2) is 0 Å². The van der Waals surface area contributed by atoms with Crippen LogP contribution < -0.4 is 5.32 Å². The molecule has 0 aromatic heterocycles. The summed E-state index contributed by atoms with van der Waals surface area (Å²) >= 11 is 0. The highest BCUT2D eigenvalue weighted by Gasteiger charge is 2.21. The molecule has 0 spiro atoms. The number of rotatable bonds is 4. The van der Waals surface area contributed by atoms with E-state index in [4.69, 9.17) is 0 Å². The molecule has 4 nitrogen and oxygen atoms in total. The molecule has 2 aromatic carbocycles. The van der Waals surface area contributed by atoms with Gasteiger partial charge in [0.25, 0.3) is 5.69 Å². The van der Waals surface area contributed by atoms with Crippen LogP contribution in [-0.2, 0) is 13.0 Å². The Morgan fingerprint density at radius 1 is 1.24 bits per heavy atom. The van der Waals surface area contributed by atoms with Crippen molar-refractivity contribution in [1.82, 2.24) is 5.32 Å². The molecule has 108 valence electrons. The molecule has 2 aromatic rings. The molecule has 0 amide bonds. The van der Waals surface area contributed by atoms with E-state index in [0.29, 0.717) is 12.6 Å². The van der Waals surface area contributed by atoms with Crippen molar-refractivity contribution in [1.29, 1.82) is 0 Å². The van der Waals surface area contributed by atoms with E-state index in [0.717, 1.165) is 24.0 Å². The van der Waals surface area contributed by atoms with E-state index in [1.807, 2.05) is 13.0 Å². The van der Waals surface area contributed by atoms with E-state index in [-0.39, 0.29) is 10.6 Å². The van der Waals surface area contributed by atoms with Crippen LogP contribution in [0, 0.1) is 17.0 Å². The maximum absolute atomic E-state index is 11.0. The van der Waals surface area contributed by atoms with Gasteiger partial charge >= 0.3 is 0 Å². The molecule has 1 atom stereocenters. The summed E-state index contributed by atoms with van der Waals surface area (Å²) in [6.07, 6.45) is 2.19. The summed E-state index contributed by atoms with van der Waals surface area (Å²) in [6, 6.07) is 14.1. The number of hydrogen-bond acceptors (Lipinski definition) is 3. The Balaban J connectivity index is 1.75. The van der Waals surface area contributed by atoms with Gasteiger partial charge in [-0.05, 0) is 36.5 Å². The van der Waals surface area contributed by atoms with Crippen LogP contribution in [0.25, 0.3) is 0 Å². The zero-order valence-corrected chi connectivity index (χ0v) is 12.0. The molecule has 1 unspecified atom stereocenters. The van der Waals surface area contributed by atoms with Crippen LogP contribution in [0.2, 0.25) is 0 Å². The minimum atomic E-state index is -0.316. The second kappa shape index (κ2) is 5.66. The van der Waals surface area contributed by atoms with E-state index in [9.17, 15) is 10.1 Å². The third-order valence-electron chi connectivity index (χ3n) is 4.29. The van der Waals surface area contributed by atoms with E-state index in [2.05, 4.69) is 29.6 Å². The van der Waals surface area contributed by atoms with Gasteiger partial charge in [-0.1, -0.05) is 36.4 Å². The molecule has 0 fully saturated rings. The molecule has 0 bridgehead atoms. The SMILES string of the molecule is Cc1c(CNC2CCc3ccccc32)cccc1[N+](=O)[O-]. The third kappa shape index (κ3) is 2.67. The van der Waals surface area contributed by atoms with E-state index in [1.165, 1.54) is 11.1 Å². The molecular formula is C17H18N2O2. The Morgan fingerprint density at radius 2 is 2.05 bits per heavy atom. The van der Waals surface area contributed by atoms with Gasteiger partial charge in [-0.15, -0.1) is 0 Å². The average molecular weight is 282 g/mol. The van der Waals surface area contributed by atoms with Crippen molar-refractivity contribution in [2.45, 2.75) is 32.4 Å². The van der Waals surface area contributed by atoms with Gasteiger partial charge in [0.2, 0.25) is 0 Å². The highest BCUT2D eigenvalue weighted by Crippen LogP contribution is 2.31. The lowest BCUT2D eigenvalue weighted by molar-refractivity contribution is -0.385. The van der Waals surface area contributed by atoms with Crippen LogP contribution in [0.15, 0.2) is 42.5 Å². The van der Waals surface area contributed by atoms with Crippen molar-refractivity contribution < 1.29 is 4.92 Å². The molecular weight excluding hydrogens is 264 g/mol. The highest BCUT2D eigenvalue weighted by atomic mass is 16.6. The number of nitrogens with zero attached hydrogens (tertiary/aromatic N) is 1. The summed E-state index contributed by atoms with van der Waals surface area (Å²) in [5.41, 5.74) is 4.71. The molecule has 1 N–H and O–H groups in total. The smallest absolute Gasteiger partial charge is 0.272 e. The number of hydrogen-bond donors (Lipinski definition) is 1. The summed E-state index contributed by atoms with van der Waals surface area (Å²) in [6.45, 7) is 2.48. The number of benzene rings is 2. The molecule has 3 rings (SSSR count). The largest absolute Gasteiger partial charge is 0.306 e. The lowest BCUT2D eigenvalue weighted by atomic mass is 10.1. The summed E-state index contributed by atoms with van der Waals surface area (Å²) in [5.74, 6) is 0. The van der Waals surface area contributed by atoms with Crippen molar-refractivity contribution in [2.75, 3.05) is 0 Å². The van der Waals surface area contributed by atoms with Gasteiger partial charge in [-0.3, -0.25) is 10.1 Å². The van der Waals surface area contributed by atoms with Crippen molar-refractivity contribution in [3.05, 3.63) is 74.8 Å². The molecule has 0 saturated heterocycles. The predicted molar refractivity (Wildman–Crippen MR) is 82.2 cm³/mol. The number of nitrogens with one attached hydrogen (secondary N) is 1. The predicted octanol–water partition coefficient (Wildman–Crippen LogP) is 3.68. The van der Waals surface area contributed by atoms with Gasteiger partial charge < -0.3 is 5.32 Å². The number of nitro groups is 1. The van der Waals surface area contributed by atoms with Crippen LogP contribution >= 0.6 is 0 Å². The van der Waals surface area contributed by atoms with Crippen molar-refractivity contribution in [3.63, 3.8) is 0 Å². The molecule has 21 heavy (non-hydrogen) atoms. The minimum absolute atomic E-state index is 0.195. The molecule has 4 heteroatoms. The Hall–Kier alpha value is -2.20. The Kier molecular flexibility index (Phi) is 3.71. The summed E-state index contributed by atoms with van der Waals surface area (Å²) < 4.78 is 0. The molecule has 0 saturated carbocycles. The number of fused-ring (bicyclic) bond motifs is 1. The standard InChI is InChI=1S/C17H18N2O2/c1-12-14(6-4-8-17(12)19(20)21)11-18-16-10-9-13-5-2-3-7-15(13)16/h2-8,16,18H,9-11H2,1H3. The highest BCUT2D eigenvalue weighted by molar-refractivity contribution is 5.44. The second-order valence-electron chi connectivity index (χ2n) is 5.49. The van der Waals surface area contributed by atoms with E-state index in [1.54, 1.807) is 12.1 Å². The first kappa shape index (κ1) is 13.8. The van der Waals surface area contributed by atoms with Gasteiger partial charge in [0.05, 0.1) is 4.92 Å². The normalized spacial score (nSPS) is 16.7. The molecule has 1 aliphatic carbocycles. The first-order chi connectivity index (χ1) is 10.2. The van der Waals surface area contributed by atoms with Crippen LogP contribution in [-0.4, -0.2) is 4.92 Å². The first-order valence-corrected chi connectivity index (χ1v) is 7.21.